The molecular weight excluding hydrogens is 515 g/mol. The molecule has 1 aliphatic heterocycles. The van der Waals surface area contributed by atoms with E-state index < -0.39 is 27.6 Å². The third kappa shape index (κ3) is 6.88. The van der Waals surface area contributed by atoms with Crippen LogP contribution >= 0.6 is 0 Å². The molecule has 0 spiro atoms. The molecule has 2 aliphatic rings. The number of sulfone groups is 1. The highest BCUT2D eigenvalue weighted by Gasteiger charge is 2.43. The molecule has 208 valence electrons. The van der Waals surface area contributed by atoms with E-state index in [2.05, 4.69) is 24.5 Å². The molecule has 4 atom stereocenters. The number of carbonyl (C=O) groups is 1. The number of amides is 1. The lowest BCUT2D eigenvalue weighted by Crippen LogP contribution is -2.51. The number of nitrogens with one attached hydrogen (secondary N) is 2. The Morgan fingerprint density at radius 2 is 1.68 bits per heavy atom. The molecule has 1 amide bonds. The fourth-order valence-electron chi connectivity index (χ4n) is 5.55. The van der Waals surface area contributed by atoms with Crippen molar-refractivity contribution in [3.8, 4) is 0 Å². The molecular formula is C28H36F3N3O3S. The summed E-state index contributed by atoms with van der Waals surface area (Å²) in [4.78, 5) is 15.5. The van der Waals surface area contributed by atoms with Gasteiger partial charge in [0.2, 0.25) is 5.91 Å². The predicted octanol–water partition coefficient (Wildman–Crippen LogP) is 4.98. The number of nitrogens with zero attached hydrogens (tertiary/aromatic N) is 1. The number of hydrogen-bond donors (Lipinski definition) is 2. The largest absolute Gasteiger partial charge is 0.416 e. The van der Waals surface area contributed by atoms with Gasteiger partial charge in [0.05, 0.1) is 16.2 Å². The first kappa shape index (κ1) is 28.4. The van der Waals surface area contributed by atoms with Gasteiger partial charge < -0.3 is 15.5 Å². The van der Waals surface area contributed by atoms with E-state index in [4.69, 9.17) is 0 Å². The van der Waals surface area contributed by atoms with Crippen LogP contribution in [0.2, 0.25) is 0 Å². The van der Waals surface area contributed by atoms with E-state index in [0.717, 1.165) is 25.1 Å². The van der Waals surface area contributed by atoms with E-state index in [0.29, 0.717) is 37.4 Å². The fourth-order valence-corrected chi connectivity index (χ4v) is 7.24. The van der Waals surface area contributed by atoms with Gasteiger partial charge in [-0.05, 0) is 80.5 Å². The molecule has 1 aliphatic carbocycles. The molecule has 0 aromatic heterocycles. The molecule has 2 aromatic rings. The molecule has 4 rings (SSSR count). The molecule has 38 heavy (non-hydrogen) atoms. The van der Waals surface area contributed by atoms with Gasteiger partial charge in [-0.3, -0.25) is 4.79 Å². The maximum atomic E-state index is 13.4. The van der Waals surface area contributed by atoms with Gasteiger partial charge in [-0.2, -0.15) is 13.2 Å². The fraction of sp³-hybridized carbons (Fsp3) is 0.536. The lowest BCUT2D eigenvalue weighted by atomic mass is 9.81. The summed E-state index contributed by atoms with van der Waals surface area (Å²) < 4.78 is 65.3. The van der Waals surface area contributed by atoms with Gasteiger partial charge >= 0.3 is 6.18 Å². The first-order valence-corrected chi connectivity index (χ1v) is 14.8. The number of alkyl halides is 3. The van der Waals surface area contributed by atoms with Gasteiger partial charge in [0.15, 0.2) is 9.84 Å². The second-order valence-electron chi connectivity index (χ2n) is 10.8. The van der Waals surface area contributed by atoms with E-state index >= 15 is 0 Å². The molecule has 10 heteroatoms. The third-order valence-corrected chi connectivity index (χ3v) is 9.34. The molecule has 0 bridgehead atoms. The quantitative estimate of drug-likeness (QED) is 0.460. The maximum Gasteiger partial charge on any atom is 0.416 e. The van der Waals surface area contributed by atoms with Crippen molar-refractivity contribution in [3.05, 3.63) is 60.2 Å². The molecule has 2 N–H and O–H groups in total. The highest BCUT2D eigenvalue weighted by molar-refractivity contribution is 7.91. The summed E-state index contributed by atoms with van der Waals surface area (Å²) in [6.07, 6.45) is -1.71. The van der Waals surface area contributed by atoms with Crippen LogP contribution in [0.15, 0.2) is 59.5 Å². The Balaban J connectivity index is 1.48. The maximum absolute atomic E-state index is 13.4. The van der Waals surface area contributed by atoms with Crippen molar-refractivity contribution >= 4 is 21.4 Å². The Morgan fingerprint density at radius 3 is 2.32 bits per heavy atom. The van der Waals surface area contributed by atoms with Gasteiger partial charge in [0.25, 0.3) is 0 Å². The number of hydrogen-bond acceptors (Lipinski definition) is 5. The number of likely N-dealkylation sites (tertiary alicyclic amines) is 1. The first-order valence-electron chi connectivity index (χ1n) is 13.2. The Morgan fingerprint density at radius 1 is 1.00 bits per heavy atom. The van der Waals surface area contributed by atoms with Crippen LogP contribution < -0.4 is 10.6 Å². The zero-order chi connectivity index (χ0) is 27.5. The topological polar surface area (TPSA) is 78.5 Å². The van der Waals surface area contributed by atoms with Crippen LogP contribution in [0.25, 0.3) is 0 Å². The third-order valence-electron chi connectivity index (χ3n) is 7.49. The minimum atomic E-state index is -4.42. The number of anilines is 1. The van der Waals surface area contributed by atoms with Crippen LogP contribution in [0.3, 0.4) is 0 Å². The zero-order valence-electron chi connectivity index (χ0n) is 21.7. The standard InChI is InChI=1S/C28H36F3N3O3S/c1-19(2)17-32-23-12-13-26(20(16-23)18-38(36,37)24-6-4-3-5-7-24)34-15-14-25(27(34)35)33-22-10-8-21(9-11-22)28(29,30)31/h3-11,19-20,23,25-26,32-33H,12-18H2,1-2H3/t20-,23+,25?,26-/m0/s1. The zero-order valence-corrected chi connectivity index (χ0v) is 22.6. The molecule has 1 saturated heterocycles. The lowest BCUT2D eigenvalue weighted by molar-refractivity contribution is -0.137. The molecule has 2 fully saturated rings. The van der Waals surface area contributed by atoms with E-state index in [1.54, 1.807) is 35.2 Å². The average Bonchev–Trinajstić information content (AvgIpc) is 3.22. The average molecular weight is 552 g/mol. The van der Waals surface area contributed by atoms with Crippen LogP contribution in [0.4, 0.5) is 18.9 Å². The molecule has 6 nitrogen and oxygen atoms in total. The van der Waals surface area contributed by atoms with Crippen LogP contribution in [-0.2, 0) is 20.8 Å². The van der Waals surface area contributed by atoms with Crippen molar-refractivity contribution in [2.75, 3.05) is 24.2 Å². The van der Waals surface area contributed by atoms with Crippen molar-refractivity contribution in [3.63, 3.8) is 0 Å². The highest BCUT2D eigenvalue weighted by Crippen LogP contribution is 2.35. The minimum absolute atomic E-state index is 0.0394. The molecule has 0 radical (unpaired) electrons. The van der Waals surface area contributed by atoms with E-state index in [-0.39, 0.29) is 34.6 Å². The van der Waals surface area contributed by atoms with Crippen molar-refractivity contribution in [1.29, 1.82) is 0 Å². The van der Waals surface area contributed by atoms with Crippen molar-refractivity contribution in [2.45, 2.75) is 68.7 Å². The number of halogens is 3. The molecule has 2 aromatic carbocycles. The summed E-state index contributed by atoms with van der Waals surface area (Å²) >= 11 is 0. The Hall–Kier alpha value is -2.59. The summed E-state index contributed by atoms with van der Waals surface area (Å²) in [6.45, 7) is 5.58. The number of rotatable bonds is 9. The highest BCUT2D eigenvalue weighted by atomic mass is 32.2. The van der Waals surface area contributed by atoms with Gasteiger partial charge in [-0.15, -0.1) is 0 Å². The number of benzene rings is 2. The number of carbonyl (C=O) groups excluding carboxylic acids is 1. The van der Waals surface area contributed by atoms with E-state index in [9.17, 15) is 26.4 Å². The Bertz CT molecular complexity index is 1190. The molecule has 1 unspecified atom stereocenters. The summed E-state index contributed by atoms with van der Waals surface area (Å²) in [5.41, 5.74) is -0.296. The first-order chi connectivity index (χ1) is 17.9. The second-order valence-corrected chi connectivity index (χ2v) is 12.9. The second kappa shape index (κ2) is 11.7. The van der Waals surface area contributed by atoms with Crippen molar-refractivity contribution < 1.29 is 26.4 Å². The monoisotopic (exact) mass is 551 g/mol. The van der Waals surface area contributed by atoms with Gasteiger partial charge in [-0.25, -0.2) is 8.42 Å². The predicted molar refractivity (Wildman–Crippen MR) is 141 cm³/mol. The Labute approximate surface area is 222 Å². The molecule has 1 saturated carbocycles. The van der Waals surface area contributed by atoms with E-state index in [1.807, 2.05) is 0 Å². The smallest absolute Gasteiger partial charge is 0.374 e. The minimum Gasteiger partial charge on any atom is -0.374 e. The summed E-state index contributed by atoms with van der Waals surface area (Å²) in [6, 6.07) is 12.5. The summed E-state index contributed by atoms with van der Waals surface area (Å²) in [7, 11) is -3.55. The summed E-state index contributed by atoms with van der Waals surface area (Å²) in [5, 5.41) is 6.64. The van der Waals surface area contributed by atoms with Crippen LogP contribution in [0.1, 0.15) is 45.1 Å². The van der Waals surface area contributed by atoms with E-state index in [1.165, 1.54) is 12.1 Å². The van der Waals surface area contributed by atoms with Gasteiger partial charge in [0.1, 0.15) is 6.04 Å². The normalized spacial score (nSPS) is 24.7. The lowest BCUT2D eigenvalue weighted by Gasteiger charge is -2.41. The van der Waals surface area contributed by atoms with Gasteiger partial charge in [0, 0.05) is 24.3 Å². The SMILES string of the molecule is CC(C)CN[C@@H]1CC[C@H](N2CCC(Nc3ccc(C(F)(F)F)cc3)C2=O)[C@H](CS(=O)(=O)c2ccccc2)C1. The van der Waals surface area contributed by atoms with Crippen molar-refractivity contribution in [2.24, 2.45) is 11.8 Å². The van der Waals surface area contributed by atoms with Crippen LogP contribution in [-0.4, -0.2) is 56.2 Å². The Kier molecular flexibility index (Phi) is 8.72. The molecule has 1 heterocycles. The van der Waals surface area contributed by atoms with Crippen LogP contribution in [0.5, 0.6) is 0 Å². The summed E-state index contributed by atoms with van der Waals surface area (Å²) in [5.74, 6) is 0.0666. The van der Waals surface area contributed by atoms with Gasteiger partial charge in [-0.1, -0.05) is 32.0 Å². The van der Waals surface area contributed by atoms with Crippen LogP contribution in [0, 0.1) is 11.8 Å². The van der Waals surface area contributed by atoms with Crippen molar-refractivity contribution in [1.82, 2.24) is 10.2 Å².